The SMILES string of the molecule is C=C1c2ccc3c4c(C#N)cc5c6c(ccc(c7c(C#N)cc(c2c37)C(=C)N1C(C)C(F)(F)F)c64)C(=C)N(C(C)C(F)(F)F)C5=C. The molecule has 0 spiro atoms. The highest BCUT2D eigenvalue weighted by molar-refractivity contribution is 6.38. The topological polar surface area (TPSA) is 54.1 Å². The summed E-state index contributed by atoms with van der Waals surface area (Å²) in [5, 5.41) is 25.2. The molecule has 2 aliphatic rings. The van der Waals surface area contributed by atoms with E-state index in [-0.39, 0.29) is 33.9 Å². The van der Waals surface area contributed by atoms with Crippen LogP contribution in [0.5, 0.6) is 0 Å². The number of hydrogen-bond donors (Lipinski definition) is 0. The Bertz CT molecular complexity index is 2210. The van der Waals surface area contributed by atoms with E-state index in [1.165, 1.54) is 12.1 Å². The summed E-state index contributed by atoms with van der Waals surface area (Å²) in [6, 6.07) is 10.2. The van der Waals surface area contributed by atoms with Crippen LogP contribution in [0, 0.1) is 22.7 Å². The Morgan fingerprint density at radius 3 is 1.17 bits per heavy atom. The van der Waals surface area contributed by atoms with Crippen molar-refractivity contribution in [3.8, 4) is 12.1 Å². The molecular formula is C36H22F6N4. The first kappa shape index (κ1) is 29.2. The van der Waals surface area contributed by atoms with Crippen molar-refractivity contribution in [1.82, 2.24) is 9.80 Å². The minimum absolute atomic E-state index is 0.0329. The molecular weight excluding hydrogens is 602 g/mol. The Balaban J connectivity index is 1.65. The van der Waals surface area contributed by atoms with Crippen LogP contribution in [0.25, 0.3) is 65.9 Å². The number of nitrogens with zero attached hydrogens (tertiary/aromatic N) is 4. The van der Waals surface area contributed by atoms with Gasteiger partial charge in [0.15, 0.2) is 0 Å². The molecule has 2 heterocycles. The van der Waals surface area contributed by atoms with Crippen molar-refractivity contribution in [2.75, 3.05) is 0 Å². The number of fused-ring (bicyclic) bond motifs is 2. The number of rotatable bonds is 2. The Labute approximate surface area is 259 Å². The second-order valence-electron chi connectivity index (χ2n) is 11.7. The molecule has 0 amide bonds. The van der Waals surface area contributed by atoms with Gasteiger partial charge < -0.3 is 9.80 Å². The molecule has 2 unspecified atom stereocenters. The highest BCUT2D eigenvalue weighted by Crippen LogP contribution is 2.54. The summed E-state index contributed by atoms with van der Waals surface area (Å²) in [5.41, 5.74) is 2.10. The molecule has 10 heteroatoms. The van der Waals surface area contributed by atoms with Gasteiger partial charge in [0, 0.05) is 77.4 Å². The first-order chi connectivity index (χ1) is 21.5. The van der Waals surface area contributed by atoms with Crippen LogP contribution in [0.4, 0.5) is 26.3 Å². The maximum absolute atomic E-state index is 14.0. The Morgan fingerprint density at radius 1 is 0.543 bits per heavy atom. The lowest BCUT2D eigenvalue weighted by molar-refractivity contribution is -0.164. The van der Waals surface area contributed by atoms with Crippen LogP contribution in [-0.4, -0.2) is 34.2 Å². The van der Waals surface area contributed by atoms with Crippen LogP contribution in [0.3, 0.4) is 0 Å². The summed E-state index contributed by atoms with van der Waals surface area (Å²) in [6.07, 6.45) is -9.19. The normalized spacial score (nSPS) is 16.6. The Kier molecular flexibility index (Phi) is 5.75. The lowest BCUT2D eigenvalue weighted by Gasteiger charge is -2.40. The van der Waals surface area contributed by atoms with Gasteiger partial charge in [-0.2, -0.15) is 36.9 Å². The van der Waals surface area contributed by atoms with Gasteiger partial charge in [-0.3, -0.25) is 0 Å². The van der Waals surface area contributed by atoms with Crippen LogP contribution >= 0.6 is 0 Å². The van der Waals surface area contributed by atoms with Crippen molar-refractivity contribution in [2.45, 2.75) is 38.3 Å². The van der Waals surface area contributed by atoms with Gasteiger partial charge in [-0.25, -0.2) is 0 Å². The third kappa shape index (κ3) is 3.50. The van der Waals surface area contributed by atoms with Gasteiger partial charge in [-0.1, -0.05) is 50.6 Å². The first-order valence-electron chi connectivity index (χ1n) is 14.1. The lowest BCUT2D eigenvalue weighted by Crippen LogP contribution is -2.42. The molecule has 4 nitrogen and oxygen atoms in total. The molecule has 0 saturated carbocycles. The fourth-order valence-corrected chi connectivity index (χ4v) is 7.29. The van der Waals surface area contributed by atoms with E-state index >= 15 is 0 Å². The quantitative estimate of drug-likeness (QED) is 0.111. The van der Waals surface area contributed by atoms with Crippen LogP contribution in [0.1, 0.15) is 47.2 Å². The third-order valence-electron chi connectivity index (χ3n) is 9.47. The largest absolute Gasteiger partial charge is 0.408 e. The average molecular weight is 625 g/mol. The standard InChI is InChI=1S/C36H22F6N4/c1-15-23-7-9-25-30-22(14-44)12-28-18(4)46(20(6)36(40,41)42)16(2)24-8-10-26(34(30)32(24)28)29-21(13-43)11-27(31(23)33(25)29)17(3)45(15)19(5)35(37,38)39/h7-12,19-20H,1-4H2,5-6H3. The predicted octanol–water partition coefficient (Wildman–Crippen LogP) is 9.90. The highest BCUT2D eigenvalue weighted by Gasteiger charge is 2.45. The summed E-state index contributed by atoms with van der Waals surface area (Å²) >= 11 is 0. The second-order valence-corrected chi connectivity index (χ2v) is 11.7. The Hall–Kier alpha value is -5.48. The van der Waals surface area contributed by atoms with E-state index < -0.39 is 24.4 Å². The van der Waals surface area contributed by atoms with Crippen molar-refractivity contribution in [1.29, 1.82) is 10.5 Å². The molecule has 2 atom stereocenters. The third-order valence-corrected chi connectivity index (χ3v) is 9.47. The molecule has 0 fully saturated rings. The van der Waals surface area contributed by atoms with Crippen LogP contribution in [0.15, 0.2) is 62.7 Å². The van der Waals surface area contributed by atoms with E-state index in [9.17, 15) is 36.9 Å². The van der Waals surface area contributed by atoms with Crippen molar-refractivity contribution >= 4 is 65.9 Å². The zero-order valence-corrected chi connectivity index (χ0v) is 24.5. The lowest BCUT2D eigenvalue weighted by atomic mass is 9.78. The molecule has 0 aliphatic carbocycles. The molecule has 0 aromatic heterocycles. The summed E-state index contributed by atoms with van der Waals surface area (Å²) in [5.74, 6) is 0. The molecule has 5 aromatic rings. The number of nitriles is 2. The summed E-state index contributed by atoms with van der Waals surface area (Å²) in [7, 11) is 0. The summed E-state index contributed by atoms with van der Waals surface area (Å²) < 4.78 is 83.8. The molecule has 0 radical (unpaired) electrons. The van der Waals surface area contributed by atoms with Gasteiger partial charge in [0.2, 0.25) is 0 Å². The van der Waals surface area contributed by atoms with E-state index in [1.54, 1.807) is 24.3 Å². The monoisotopic (exact) mass is 624 g/mol. The molecule has 228 valence electrons. The van der Waals surface area contributed by atoms with Crippen LogP contribution in [0.2, 0.25) is 0 Å². The zero-order chi connectivity index (χ0) is 33.4. The number of benzene rings is 5. The van der Waals surface area contributed by atoms with E-state index in [0.717, 1.165) is 23.6 Å². The predicted molar refractivity (Wildman–Crippen MR) is 168 cm³/mol. The van der Waals surface area contributed by atoms with E-state index in [4.69, 9.17) is 0 Å². The molecule has 0 N–H and O–H groups in total. The number of halogens is 6. The fourth-order valence-electron chi connectivity index (χ4n) is 7.29. The maximum Gasteiger partial charge on any atom is 0.408 e. The van der Waals surface area contributed by atoms with Crippen LogP contribution in [-0.2, 0) is 0 Å². The molecule has 46 heavy (non-hydrogen) atoms. The van der Waals surface area contributed by atoms with Crippen LogP contribution < -0.4 is 0 Å². The molecule has 2 aliphatic heterocycles. The molecule has 7 rings (SSSR count). The van der Waals surface area contributed by atoms with Gasteiger partial charge in [0.25, 0.3) is 0 Å². The van der Waals surface area contributed by atoms with Crippen molar-refractivity contribution in [3.63, 3.8) is 0 Å². The smallest absolute Gasteiger partial charge is 0.330 e. The average Bonchev–Trinajstić information content (AvgIpc) is 3.00. The minimum Gasteiger partial charge on any atom is -0.330 e. The fraction of sp³-hybridized carbons (Fsp3) is 0.167. The molecule has 0 saturated heterocycles. The number of hydrogen-bond acceptors (Lipinski definition) is 4. The van der Waals surface area contributed by atoms with Gasteiger partial charge in [0.05, 0.1) is 23.3 Å². The van der Waals surface area contributed by atoms with E-state index in [1.807, 2.05) is 0 Å². The maximum atomic E-state index is 14.0. The van der Waals surface area contributed by atoms with Gasteiger partial charge in [-0.15, -0.1) is 0 Å². The number of alkyl halides is 6. The van der Waals surface area contributed by atoms with Crippen molar-refractivity contribution in [3.05, 3.63) is 96.1 Å². The summed E-state index contributed by atoms with van der Waals surface area (Å²) in [4.78, 5) is 2.04. The first-order valence-corrected chi connectivity index (χ1v) is 14.1. The van der Waals surface area contributed by atoms with Gasteiger partial charge >= 0.3 is 12.4 Å². The molecule has 5 aromatic carbocycles. The zero-order valence-electron chi connectivity index (χ0n) is 24.5. The summed E-state index contributed by atoms with van der Waals surface area (Å²) in [6.45, 7) is 18.0. The van der Waals surface area contributed by atoms with Crippen molar-refractivity contribution < 1.29 is 26.3 Å². The van der Waals surface area contributed by atoms with Gasteiger partial charge in [0.1, 0.15) is 12.1 Å². The second kappa shape index (κ2) is 9.04. The van der Waals surface area contributed by atoms with E-state index in [0.29, 0.717) is 65.3 Å². The Morgan fingerprint density at radius 2 is 0.870 bits per heavy atom. The van der Waals surface area contributed by atoms with E-state index in [2.05, 4.69) is 38.5 Å². The van der Waals surface area contributed by atoms with Gasteiger partial charge in [-0.05, 0) is 36.8 Å². The minimum atomic E-state index is -4.59. The highest BCUT2D eigenvalue weighted by atomic mass is 19.4. The molecule has 0 bridgehead atoms. The van der Waals surface area contributed by atoms with Crippen molar-refractivity contribution in [2.24, 2.45) is 0 Å².